The van der Waals surface area contributed by atoms with E-state index in [0.29, 0.717) is 6.04 Å². The summed E-state index contributed by atoms with van der Waals surface area (Å²) in [4.78, 5) is 4.18. The van der Waals surface area contributed by atoms with Crippen LogP contribution in [0.15, 0.2) is 24.5 Å². The molecule has 0 aliphatic rings. The number of hydrogen-bond acceptors (Lipinski definition) is 2. The van der Waals surface area contributed by atoms with Crippen LogP contribution < -0.4 is 5.32 Å². The molecule has 0 aliphatic carbocycles. The summed E-state index contributed by atoms with van der Waals surface area (Å²) in [6, 6.07) is 4.85. The van der Waals surface area contributed by atoms with Gasteiger partial charge in [0.05, 0.1) is 0 Å². The van der Waals surface area contributed by atoms with Crippen LogP contribution in [0.5, 0.6) is 0 Å². The zero-order chi connectivity index (χ0) is 13.2. The van der Waals surface area contributed by atoms with Crippen molar-refractivity contribution in [2.24, 2.45) is 5.92 Å². The van der Waals surface area contributed by atoms with Crippen molar-refractivity contribution < 1.29 is 0 Å². The lowest BCUT2D eigenvalue weighted by molar-refractivity contribution is 0.372. The molecule has 0 saturated heterocycles. The quantitative estimate of drug-likeness (QED) is 0.718. The molecule has 0 bridgehead atoms. The highest BCUT2D eigenvalue weighted by molar-refractivity contribution is 5.08. The van der Waals surface area contributed by atoms with Gasteiger partial charge in [-0.05, 0) is 43.4 Å². The van der Waals surface area contributed by atoms with Gasteiger partial charge in [0.2, 0.25) is 0 Å². The van der Waals surface area contributed by atoms with E-state index in [-0.39, 0.29) is 0 Å². The van der Waals surface area contributed by atoms with Crippen molar-refractivity contribution >= 4 is 0 Å². The molecule has 0 radical (unpaired) electrons. The number of nitrogens with zero attached hydrogens (tertiary/aromatic N) is 1. The van der Waals surface area contributed by atoms with Gasteiger partial charge in [0.25, 0.3) is 0 Å². The van der Waals surface area contributed by atoms with E-state index in [1.54, 1.807) is 0 Å². The molecule has 0 spiro atoms. The molecule has 0 amide bonds. The molecule has 2 atom stereocenters. The summed E-state index contributed by atoms with van der Waals surface area (Å²) in [6.45, 7) is 7.91. The average molecular weight is 248 g/mol. The van der Waals surface area contributed by atoms with E-state index in [1.807, 2.05) is 18.5 Å². The molecule has 1 aromatic rings. The molecule has 2 nitrogen and oxygen atoms in total. The Kier molecular flexibility index (Phi) is 7.66. The van der Waals surface area contributed by atoms with Crippen LogP contribution in [0.4, 0.5) is 0 Å². The van der Waals surface area contributed by atoms with Crippen molar-refractivity contribution in [3.63, 3.8) is 0 Å². The third-order valence-corrected chi connectivity index (χ3v) is 3.47. The fourth-order valence-electron chi connectivity index (χ4n) is 2.58. The number of pyridine rings is 1. The normalized spacial score (nSPS) is 14.4. The Hall–Kier alpha value is -0.890. The van der Waals surface area contributed by atoms with Gasteiger partial charge >= 0.3 is 0 Å². The summed E-state index contributed by atoms with van der Waals surface area (Å²) in [5, 5.41) is 3.62. The second-order valence-corrected chi connectivity index (χ2v) is 5.28. The monoisotopic (exact) mass is 248 g/mol. The number of rotatable bonds is 9. The van der Waals surface area contributed by atoms with Crippen LogP contribution in [0.3, 0.4) is 0 Å². The third kappa shape index (κ3) is 6.15. The maximum absolute atomic E-state index is 4.18. The van der Waals surface area contributed by atoms with Crippen LogP contribution in [0, 0.1) is 5.92 Å². The van der Waals surface area contributed by atoms with Gasteiger partial charge in [-0.1, -0.05) is 39.7 Å². The SMILES string of the molecule is CCCC(C)CC(CCc1cccnc1)NCC. The maximum Gasteiger partial charge on any atom is 0.0299 e. The van der Waals surface area contributed by atoms with Crippen LogP contribution in [0.25, 0.3) is 0 Å². The van der Waals surface area contributed by atoms with Crippen molar-refractivity contribution in [3.8, 4) is 0 Å². The Morgan fingerprint density at radius 1 is 1.28 bits per heavy atom. The molecule has 0 aromatic carbocycles. The number of aryl methyl sites for hydroxylation is 1. The number of aromatic nitrogens is 1. The van der Waals surface area contributed by atoms with E-state index in [9.17, 15) is 0 Å². The van der Waals surface area contributed by atoms with Gasteiger partial charge in [-0.3, -0.25) is 4.98 Å². The fraction of sp³-hybridized carbons (Fsp3) is 0.688. The molecule has 0 saturated carbocycles. The molecular weight excluding hydrogens is 220 g/mol. The van der Waals surface area contributed by atoms with Gasteiger partial charge in [0.15, 0.2) is 0 Å². The predicted octanol–water partition coefficient (Wildman–Crippen LogP) is 3.82. The highest BCUT2D eigenvalue weighted by atomic mass is 14.9. The van der Waals surface area contributed by atoms with Gasteiger partial charge in [-0.2, -0.15) is 0 Å². The minimum absolute atomic E-state index is 0.650. The van der Waals surface area contributed by atoms with E-state index in [1.165, 1.54) is 31.2 Å². The van der Waals surface area contributed by atoms with Gasteiger partial charge < -0.3 is 5.32 Å². The minimum Gasteiger partial charge on any atom is -0.314 e. The first-order valence-corrected chi connectivity index (χ1v) is 7.38. The average Bonchev–Trinajstić information content (AvgIpc) is 2.38. The van der Waals surface area contributed by atoms with Crippen molar-refractivity contribution in [3.05, 3.63) is 30.1 Å². The van der Waals surface area contributed by atoms with Crippen molar-refractivity contribution in [2.75, 3.05) is 6.54 Å². The molecule has 102 valence electrons. The molecule has 2 unspecified atom stereocenters. The third-order valence-electron chi connectivity index (χ3n) is 3.47. The smallest absolute Gasteiger partial charge is 0.0299 e. The lowest BCUT2D eigenvalue weighted by Crippen LogP contribution is -2.31. The first-order valence-electron chi connectivity index (χ1n) is 7.38. The summed E-state index contributed by atoms with van der Waals surface area (Å²) in [6.07, 6.45) is 10.1. The molecule has 1 rings (SSSR count). The summed E-state index contributed by atoms with van der Waals surface area (Å²) in [7, 11) is 0. The molecular formula is C16H28N2. The maximum atomic E-state index is 4.18. The van der Waals surface area contributed by atoms with Gasteiger partial charge in [0, 0.05) is 18.4 Å². The Morgan fingerprint density at radius 2 is 2.11 bits per heavy atom. The lowest BCUT2D eigenvalue weighted by Gasteiger charge is -2.21. The van der Waals surface area contributed by atoms with Gasteiger partial charge in [-0.15, -0.1) is 0 Å². The second-order valence-electron chi connectivity index (χ2n) is 5.28. The Bertz CT molecular complexity index is 297. The lowest BCUT2D eigenvalue weighted by atomic mass is 9.94. The van der Waals surface area contributed by atoms with Crippen LogP contribution in [-0.2, 0) is 6.42 Å². The van der Waals surface area contributed by atoms with Gasteiger partial charge in [-0.25, -0.2) is 0 Å². The molecule has 2 heteroatoms. The molecule has 1 heterocycles. The zero-order valence-electron chi connectivity index (χ0n) is 12.2. The summed E-state index contributed by atoms with van der Waals surface area (Å²) >= 11 is 0. The number of nitrogens with one attached hydrogen (secondary N) is 1. The van der Waals surface area contributed by atoms with Gasteiger partial charge in [0.1, 0.15) is 0 Å². The Balaban J connectivity index is 2.37. The van der Waals surface area contributed by atoms with Crippen LogP contribution in [0.1, 0.15) is 52.0 Å². The molecule has 0 aliphatic heterocycles. The van der Waals surface area contributed by atoms with Crippen LogP contribution >= 0.6 is 0 Å². The van der Waals surface area contributed by atoms with E-state index in [2.05, 4.69) is 37.1 Å². The molecule has 18 heavy (non-hydrogen) atoms. The van der Waals surface area contributed by atoms with Crippen molar-refractivity contribution in [2.45, 2.75) is 58.9 Å². The Labute approximate surface area is 112 Å². The molecule has 1 N–H and O–H groups in total. The highest BCUT2D eigenvalue weighted by Gasteiger charge is 2.11. The summed E-state index contributed by atoms with van der Waals surface area (Å²) < 4.78 is 0. The van der Waals surface area contributed by atoms with Crippen LogP contribution in [0.2, 0.25) is 0 Å². The van der Waals surface area contributed by atoms with E-state index in [0.717, 1.165) is 18.9 Å². The molecule has 1 aromatic heterocycles. The summed E-state index contributed by atoms with van der Waals surface area (Å²) in [5.74, 6) is 0.827. The topological polar surface area (TPSA) is 24.9 Å². The second kappa shape index (κ2) is 9.09. The fourth-order valence-corrected chi connectivity index (χ4v) is 2.58. The standard InChI is InChI=1S/C16H28N2/c1-4-7-14(3)12-16(18-5-2)10-9-15-8-6-11-17-13-15/h6,8,11,13-14,16,18H,4-5,7,9-10,12H2,1-3H3. The number of hydrogen-bond donors (Lipinski definition) is 1. The largest absolute Gasteiger partial charge is 0.314 e. The minimum atomic E-state index is 0.650. The highest BCUT2D eigenvalue weighted by Crippen LogP contribution is 2.16. The predicted molar refractivity (Wildman–Crippen MR) is 78.7 cm³/mol. The first kappa shape index (κ1) is 15.2. The summed E-state index contributed by atoms with van der Waals surface area (Å²) in [5.41, 5.74) is 1.35. The van der Waals surface area contributed by atoms with Crippen molar-refractivity contribution in [1.29, 1.82) is 0 Å². The zero-order valence-corrected chi connectivity index (χ0v) is 12.2. The van der Waals surface area contributed by atoms with E-state index >= 15 is 0 Å². The molecule has 0 fully saturated rings. The Morgan fingerprint density at radius 3 is 2.72 bits per heavy atom. The van der Waals surface area contributed by atoms with Crippen LogP contribution in [-0.4, -0.2) is 17.6 Å². The van der Waals surface area contributed by atoms with E-state index in [4.69, 9.17) is 0 Å². The van der Waals surface area contributed by atoms with E-state index < -0.39 is 0 Å². The first-order chi connectivity index (χ1) is 8.76. The van der Waals surface area contributed by atoms with Crippen molar-refractivity contribution in [1.82, 2.24) is 10.3 Å².